The number of hydrogen-bond donors (Lipinski definition) is 1. The summed E-state index contributed by atoms with van der Waals surface area (Å²) in [5.41, 5.74) is 3.13. The molecule has 0 fully saturated rings. The van der Waals surface area contributed by atoms with Gasteiger partial charge >= 0.3 is 0 Å². The van der Waals surface area contributed by atoms with Gasteiger partial charge in [-0.15, -0.1) is 0 Å². The molecule has 3 heterocycles. The van der Waals surface area contributed by atoms with Crippen molar-refractivity contribution >= 4 is 16.9 Å². The minimum Gasteiger partial charge on any atom is -0.497 e. The number of amides is 1. The van der Waals surface area contributed by atoms with Gasteiger partial charge < -0.3 is 14.5 Å². The van der Waals surface area contributed by atoms with Crippen LogP contribution in [0.4, 0.5) is 0 Å². The van der Waals surface area contributed by atoms with Crippen molar-refractivity contribution in [1.29, 1.82) is 0 Å². The third kappa shape index (κ3) is 3.72. The molecule has 0 atom stereocenters. The molecule has 7 nitrogen and oxygen atoms in total. The number of hydrogen-bond acceptors (Lipinski definition) is 5. The lowest BCUT2D eigenvalue weighted by Gasteiger charge is -2.07. The van der Waals surface area contributed by atoms with Crippen LogP contribution in [0.1, 0.15) is 16.1 Å². The van der Waals surface area contributed by atoms with Gasteiger partial charge in [0.2, 0.25) is 5.76 Å². The zero-order valence-corrected chi connectivity index (χ0v) is 17.4. The fourth-order valence-electron chi connectivity index (χ4n) is 3.58. The monoisotopic (exact) mass is 424 g/mol. The summed E-state index contributed by atoms with van der Waals surface area (Å²) < 4.78 is 13.0. The SMILES string of the molecule is COc1ccc2c(-c3ccccc3)c(C(=O)NCc3ccc(-n4cccn4)nc3)oc2c1. The van der Waals surface area contributed by atoms with Gasteiger partial charge in [-0.2, -0.15) is 5.10 Å². The number of ether oxygens (including phenoxy) is 1. The number of furan rings is 1. The predicted octanol–water partition coefficient (Wildman–Crippen LogP) is 4.62. The highest BCUT2D eigenvalue weighted by Crippen LogP contribution is 2.36. The number of benzene rings is 2. The van der Waals surface area contributed by atoms with Crippen LogP contribution in [0.15, 0.2) is 89.7 Å². The van der Waals surface area contributed by atoms with Gasteiger partial charge in [0.25, 0.3) is 5.91 Å². The van der Waals surface area contributed by atoms with Crippen molar-refractivity contribution in [3.05, 3.63) is 96.6 Å². The van der Waals surface area contributed by atoms with Crippen molar-refractivity contribution in [3.63, 3.8) is 0 Å². The molecule has 0 bridgehead atoms. The molecule has 5 aromatic rings. The quantitative estimate of drug-likeness (QED) is 0.430. The molecule has 158 valence electrons. The predicted molar refractivity (Wildman–Crippen MR) is 121 cm³/mol. The molecule has 2 aromatic carbocycles. The van der Waals surface area contributed by atoms with Crippen LogP contribution in [0.3, 0.4) is 0 Å². The van der Waals surface area contributed by atoms with Crippen molar-refractivity contribution < 1.29 is 13.9 Å². The molecule has 7 heteroatoms. The summed E-state index contributed by atoms with van der Waals surface area (Å²) in [6.45, 7) is 0.319. The highest BCUT2D eigenvalue weighted by molar-refractivity contribution is 6.08. The minimum atomic E-state index is -0.296. The first-order valence-corrected chi connectivity index (χ1v) is 10.1. The van der Waals surface area contributed by atoms with E-state index in [9.17, 15) is 4.79 Å². The smallest absolute Gasteiger partial charge is 0.287 e. The van der Waals surface area contributed by atoms with Gasteiger partial charge in [-0.05, 0) is 35.4 Å². The number of rotatable bonds is 6. The van der Waals surface area contributed by atoms with Gasteiger partial charge in [0.05, 0.1) is 7.11 Å². The normalized spacial score (nSPS) is 10.9. The van der Waals surface area contributed by atoms with Crippen LogP contribution < -0.4 is 10.1 Å². The summed E-state index contributed by atoms with van der Waals surface area (Å²) in [5.74, 6) is 1.35. The number of carbonyl (C=O) groups is 1. The summed E-state index contributed by atoms with van der Waals surface area (Å²) in [5, 5.41) is 7.96. The number of methoxy groups -OCH3 is 1. The zero-order chi connectivity index (χ0) is 21.9. The van der Waals surface area contributed by atoms with Crippen LogP contribution in [-0.4, -0.2) is 27.8 Å². The Hall–Kier alpha value is -4.39. The maximum absolute atomic E-state index is 13.1. The number of nitrogens with zero attached hydrogens (tertiary/aromatic N) is 3. The van der Waals surface area contributed by atoms with E-state index in [2.05, 4.69) is 15.4 Å². The fourth-order valence-corrected chi connectivity index (χ4v) is 3.58. The van der Waals surface area contributed by atoms with Crippen LogP contribution in [0.25, 0.3) is 27.9 Å². The summed E-state index contributed by atoms with van der Waals surface area (Å²) in [4.78, 5) is 17.5. The summed E-state index contributed by atoms with van der Waals surface area (Å²) in [7, 11) is 1.60. The Kier molecular flexibility index (Phi) is 5.13. The van der Waals surface area contributed by atoms with Crippen molar-refractivity contribution in [2.45, 2.75) is 6.54 Å². The van der Waals surface area contributed by atoms with Gasteiger partial charge in [-0.1, -0.05) is 36.4 Å². The van der Waals surface area contributed by atoms with Gasteiger partial charge in [0.15, 0.2) is 5.82 Å². The number of nitrogens with one attached hydrogen (secondary N) is 1. The van der Waals surface area contributed by atoms with E-state index in [0.717, 1.165) is 22.1 Å². The molecule has 0 aliphatic rings. The van der Waals surface area contributed by atoms with Gasteiger partial charge in [-0.3, -0.25) is 4.79 Å². The lowest BCUT2D eigenvalue weighted by molar-refractivity contribution is 0.0926. The van der Waals surface area contributed by atoms with Gasteiger partial charge in [0, 0.05) is 42.2 Å². The van der Waals surface area contributed by atoms with E-state index < -0.39 is 0 Å². The third-order valence-corrected chi connectivity index (χ3v) is 5.17. The zero-order valence-electron chi connectivity index (χ0n) is 17.4. The third-order valence-electron chi connectivity index (χ3n) is 5.17. The molecule has 3 aromatic heterocycles. The van der Waals surface area contributed by atoms with E-state index in [0.29, 0.717) is 23.7 Å². The highest BCUT2D eigenvalue weighted by atomic mass is 16.5. The molecule has 5 rings (SSSR count). The average molecular weight is 424 g/mol. The first kappa shape index (κ1) is 19.6. The minimum absolute atomic E-state index is 0.264. The molecule has 1 N–H and O–H groups in total. The van der Waals surface area contributed by atoms with Crippen molar-refractivity contribution in [2.24, 2.45) is 0 Å². The second-order valence-corrected chi connectivity index (χ2v) is 7.19. The molecular formula is C25H20N4O3. The number of pyridine rings is 1. The van der Waals surface area contributed by atoms with Crippen LogP contribution in [-0.2, 0) is 6.54 Å². The van der Waals surface area contributed by atoms with Crippen LogP contribution in [0.2, 0.25) is 0 Å². The highest BCUT2D eigenvalue weighted by Gasteiger charge is 2.22. The van der Waals surface area contributed by atoms with Crippen molar-refractivity contribution in [3.8, 4) is 22.7 Å². The van der Waals surface area contributed by atoms with Crippen molar-refractivity contribution in [2.75, 3.05) is 7.11 Å². The Morgan fingerprint density at radius 1 is 1.09 bits per heavy atom. The molecular weight excluding hydrogens is 404 g/mol. The molecule has 0 saturated heterocycles. The summed E-state index contributed by atoms with van der Waals surface area (Å²) >= 11 is 0. The van der Waals surface area contributed by atoms with Crippen LogP contribution in [0.5, 0.6) is 5.75 Å². The first-order chi connectivity index (χ1) is 15.7. The Morgan fingerprint density at radius 2 is 1.97 bits per heavy atom. The second kappa shape index (κ2) is 8.39. The molecule has 32 heavy (non-hydrogen) atoms. The number of aromatic nitrogens is 3. The van der Waals surface area contributed by atoms with E-state index in [-0.39, 0.29) is 11.7 Å². The molecule has 0 saturated carbocycles. The van der Waals surface area contributed by atoms with E-state index in [1.54, 1.807) is 30.3 Å². The maximum atomic E-state index is 13.1. The lowest BCUT2D eigenvalue weighted by Crippen LogP contribution is -2.23. The summed E-state index contributed by atoms with van der Waals surface area (Å²) in [6.07, 6.45) is 5.24. The first-order valence-electron chi connectivity index (χ1n) is 10.1. The molecule has 0 radical (unpaired) electrons. The molecule has 1 amide bonds. The number of fused-ring (bicyclic) bond motifs is 1. The Labute approximate surface area is 184 Å². The van der Waals surface area contributed by atoms with Crippen LogP contribution >= 0.6 is 0 Å². The largest absolute Gasteiger partial charge is 0.497 e. The maximum Gasteiger partial charge on any atom is 0.287 e. The number of carbonyl (C=O) groups excluding carboxylic acids is 1. The van der Waals surface area contributed by atoms with Crippen LogP contribution in [0, 0.1) is 0 Å². The van der Waals surface area contributed by atoms with Gasteiger partial charge in [0.1, 0.15) is 11.3 Å². The van der Waals surface area contributed by atoms with E-state index in [1.807, 2.05) is 66.9 Å². The molecule has 0 unspecified atom stereocenters. The topological polar surface area (TPSA) is 82.2 Å². The lowest BCUT2D eigenvalue weighted by atomic mass is 10.0. The Balaban J connectivity index is 1.42. The van der Waals surface area contributed by atoms with E-state index in [4.69, 9.17) is 9.15 Å². The van der Waals surface area contributed by atoms with Gasteiger partial charge in [-0.25, -0.2) is 9.67 Å². The van der Waals surface area contributed by atoms with E-state index >= 15 is 0 Å². The molecule has 0 aliphatic carbocycles. The standard InChI is InChI=1S/C25H20N4O3/c1-31-19-9-10-20-21(14-19)32-24(23(20)18-6-3-2-4-7-18)25(30)27-16-17-8-11-22(26-15-17)29-13-5-12-28-29/h2-15H,16H2,1H3,(H,27,30). The average Bonchev–Trinajstić information content (AvgIpc) is 3.51. The molecule has 0 spiro atoms. The van der Waals surface area contributed by atoms with Crippen molar-refractivity contribution in [1.82, 2.24) is 20.1 Å². The Bertz CT molecular complexity index is 1360. The van der Waals surface area contributed by atoms with E-state index in [1.165, 1.54) is 0 Å². The fraction of sp³-hybridized carbons (Fsp3) is 0.0800. The molecule has 0 aliphatic heterocycles. The Morgan fingerprint density at radius 3 is 2.69 bits per heavy atom. The second-order valence-electron chi connectivity index (χ2n) is 7.19. The summed E-state index contributed by atoms with van der Waals surface area (Å²) in [6, 6.07) is 20.9.